The Morgan fingerprint density at radius 2 is 1.12 bits per heavy atom. The van der Waals surface area contributed by atoms with E-state index in [2.05, 4.69) is 45.4 Å². The second-order valence-corrected chi connectivity index (χ2v) is 15.3. The molecule has 0 radical (unpaired) electrons. The molecule has 0 saturated heterocycles. The van der Waals surface area contributed by atoms with Crippen LogP contribution in [-0.4, -0.2) is 83.3 Å². The molecular weight excluding hydrogens is 878 g/mol. The van der Waals surface area contributed by atoms with Gasteiger partial charge in [0.1, 0.15) is 34.8 Å². The van der Waals surface area contributed by atoms with Gasteiger partial charge in [-0.1, -0.05) is 14.9 Å². The monoisotopic (exact) mass is 920 g/mol. The number of anilines is 2. The third-order valence-electron chi connectivity index (χ3n) is 10.0. The van der Waals surface area contributed by atoms with Crippen LogP contribution in [0.5, 0.6) is 23.5 Å². The fourth-order valence-electron chi connectivity index (χ4n) is 6.64. The zero-order valence-electron chi connectivity index (χ0n) is 33.0. The molecule has 6 aromatic rings. The molecule has 2 fully saturated rings. The number of pyridine rings is 2. The van der Waals surface area contributed by atoms with Crippen molar-refractivity contribution in [3.05, 3.63) is 60.4 Å². The Morgan fingerprint density at radius 1 is 0.692 bits per heavy atom. The molecule has 6 heterocycles. The zero-order valence-corrected chi connectivity index (χ0v) is 33.0. The minimum atomic E-state index is -4.64. The fourth-order valence-corrected chi connectivity index (χ4v) is 6.64. The van der Waals surface area contributed by atoms with Gasteiger partial charge < -0.3 is 30.2 Å². The molecule has 348 valence electrons. The number of aliphatic carboxylic acids is 2. The van der Waals surface area contributed by atoms with Gasteiger partial charge in [-0.15, -0.1) is 10.2 Å². The highest BCUT2D eigenvalue weighted by atomic mass is 19.4. The number of aromatic nitrogens is 10. The molecule has 5 N–H and O–H groups in total. The van der Waals surface area contributed by atoms with Crippen molar-refractivity contribution in [2.45, 2.75) is 103 Å². The predicted molar refractivity (Wildman–Crippen MR) is 216 cm³/mol. The molecule has 0 aromatic carbocycles. The van der Waals surface area contributed by atoms with Crippen molar-refractivity contribution in [1.29, 1.82) is 0 Å². The number of carboxylic acid groups (broad SMARTS) is 2. The third kappa shape index (κ3) is 9.45. The number of hydrogen-bond donors (Lipinski definition) is 4. The zero-order chi connectivity index (χ0) is 45.7. The Morgan fingerprint density at radius 3 is 1.52 bits per heavy atom. The fraction of sp³-hybridized carbons (Fsp3) is 0.410. The van der Waals surface area contributed by atoms with Gasteiger partial charge in [-0.2, -0.15) is 26.3 Å². The Kier molecular flexibility index (Phi) is 13.2. The van der Waals surface area contributed by atoms with Crippen LogP contribution >= 0.6 is 0 Å². The minimum absolute atomic E-state index is 0. The van der Waals surface area contributed by atoms with Crippen molar-refractivity contribution >= 4 is 51.7 Å². The minimum Gasteiger partial charge on any atom is -0.479 e. The van der Waals surface area contributed by atoms with Gasteiger partial charge in [0, 0.05) is 24.5 Å². The summed E-state index contributed by atoms with van der Waals surface area (Å²) in [5.74, 6) is -3.78. The smallest absolute Gasteiger partial charge is 0.416 e. The van der Waals surface area contributed by atoms with Crippen LogP contribution in [0.25, 0.3) is 22.1 Å². The molecule has 8 rings (SSSR count). The van der Waals surface area contributed by atoms with Gasteiger partial charge in [-0.05, 0) is 71.4 Å². The molecule has 2 aliphatic carbocycles. The first-order chi connectivity index (χ1) is 29.5. The highest BCUT2D eigenvalue weighted by Crippen LogP contribution is 2.45. The van der Waals surface area contributed by atoms with Crippen molar-refractivity contribution < 1.29 is 65.1 Å². The molecule has 0 unspecified atom stereocenters. The standard InChI is InChI=1S/C21H21F3N6O5.C16H13F3N6O3.2CH4/c1-19(2,3)35-18(33)28-14-13-15(27-10-26-14)30(20(17(31)32)6-4-7-20)29-16(13)34-12-9-11(5-8-25-12)21(22,23)24;17-16(18,19)8-2-5-21-9(6-8)28-13-10-11(20)22-7-23-12(10)25(24-13)15(14(26)27)3-1-4-15;;/h5,8-10H,4,6-7H2,1-3H3,(H,31,32)(H,26,27,28,33);2,5-7H,1,3-4H2,(H,26,27)(H2,20,22,23);2*1H4. The van der Waals surface area contributed by atoms with E-state index in [0.717, 1.165) is 41.9 Å². The van der Waals surface area contributed by atoms with E-state index >= 15 is 0 Å². The Labute approximate surface area is 364 Å². The van der Waals surface area contributed by atoms with E-state index in [1.165, 1.54) is 4.68 Å². The van der Waals surface area contributed by atoms with Crippen molar-refractivity contribution in [2.24, 2.45) is 0 Å². The highest BCUT2D eigenvalue weighted by Gasteiger charge is 2.50. The van der Waals surface area contributed by atoms with Gasteiger partial charge in [0.25, 0.3) is 11.8 Å². The summed E-state index contributed by atoms with van der Waals surface area (Å²) in [4.78, 5) is 59.9. The molecule has 65 heavy (non-hydrogen) atoms. The molecule has 2 aliphatic rings. The van der Waals surface area contributed by atoms with Crippen molar-refractivity contribution in [3.8, 4) is 23.5 Å². The largest absolute Gasteiger partial charge is 0.479 e. The summed E-state index contributed by atoms with van der Waals surface area (Å²) < 4.78 is 96.8. The molecule has 2 saturated carbocycles. The predicted octanol–water partition coefficient (Wildman–Crippen LogP) is 8.19. The summed E-state index contributed by atoms with van der Waals surface area (Å²) in [7, 11) is 0. The topological polar surface area (TPSA) is 270 Å². The van der Waals surface area contributed by atoms with E-state index in [1.54, 1.807) is 20.8 Å². The van der Waals surface area contributed by atoms with Crippen LogP contribution in [0, 0.1) is 0 Å². The van der Waals surface area contributed by atoms with Crippen LogP contribution in [0.1, 0.15) is 85.3 Å². The maximum absolute atomic E-state index is 13.2. The lowest BCUT2D eigenvalue weighted by Gasteiger charge is -2.37. The number of halogens is 6. The summed E-state index contributed by atoms with van der Waals surface area (Å²) in [5, 5.41) is 30.5. The van der Waals surface area contributed by atoms with Gasteiger partial charge in [-0.3, -0.25) is 5.32 Å². The van der Waals surface area contributed by atoms with Gasteiger partial charge in [-0.25, -0.2) is 53.7 Å². The number of nitrogen functional groups attached to an aromatic ring is 1. The molecule has 0 atom stereocenters. The first-order valence-corrected chi connectivity index (χ1v) is 18.7. The van der Waals surface area contributed by atoms with E-state index in [0.29, 0.717) is 37.8 Å². The lowest BCUT2D eigenvalue weighted by Crippen LogP contribution is -2.48. The average molecular weight is 921 g/mol. The van der Waals surface area contributed by atoms with Gasteiger partial charge in [0.05, 0.1) is 11.1 Å². The maximum atomic E-state index is 13.2. The van der Waals surface area contributed by atoms with Crippen molar-refractivity contribution in [2.75, 3.05) is 11.1 Å². The number of carbonyl (C=O) groups is 3. The number of fused-ring (bicyclic) bond motifs is 2. The molecule has 20 nitrogen and oxygen atoms in total. The molecular formula is C39H42F6N12O8. The average Bonchev–Trinajstić information content (AvgIpc) is 3.69. The number of carbonyl (C=O) groups excluding carboxylic acids is 1. The maximum Gasteiger partial charge on any atom is 0.416 e. The molecule has 6 aromatic heterocycles. The van der Waals surface area contributed by atoms with Crippen molar-refractivity contribution in [1.82, 2.24) is 49.5 Å². The summed E-state index contributed by atoms with van der Waals surface area (Å²) in [6, 6.07) is 2.96. The van der Waals surface area contributed by atoms with Gasteiger partial charge >= 0.3 is 30.4 Å². The Hall–Kier alpha value is -7.41. The van der Waals surface area contributed by atoms with Crippen LogP contribution in [0.15, 0.2) is 49.3 Å². The van der Waals surface area contributed by atoms with E-state index in [-0.39, 0.29) is 79.0 Å². The third-order valence-corrected chi connectivity index (χ3v) is 10.0. The van der Waals surface area contributed by atoms with Gasteiger partial charge in [0.15, 0.2) is 28.2 Å². The number of nitrogens with two attached hydrogens (primary N) is 1. The summed E-state index contributed by atoms with van der Waals surface area (Å²) in [5.41, 5.74) is 0.463. The molecule has 26 heteroatoms. The highest BCUT2D eigenvalue weighted by molar-refractivity contribution is 5.99. The molecule has 0 bridgehead atoms. The number of hydrogen-bond acceptors (Lipinski definition) is 15. The normalized spacial score (nSPS) is 15.2. The van der Waals surface area contributed by atoms with Crippen LogP contribution in [-0.2, 0) is 37.8 Å². The second kappa shape index (κ2) is 17.6. The summed E-state index contributed by atoms with van der Waals surface area (Å²) >= 11 is 0. The Bertz CT molecular complexity index is 2750. The number of nitrogens with one attached hydrogen (secondary N) is 1. The van der Waals surface area contributed by atoms with Crippen molar-refractivity contribution in [3.63, 3.8) is 0 Å². The number of amides is 1. The number of nitrogens with zero attached hydrogens (tertiary/aromatic N) is 10. The quantitative estimate of drug-likeness (QED) is 0.0995. The van der Waals surface area contributed by atoms with E-state index in [4.69, 9.17) is 19.9 Å². The van der Waals surface area contributed by atoms with Crippen LogP contribution in [0.4, 0.5) is 42.8 Å². The molecule has 1 amide bonds. The number of rotatable bonds is 9. The van der Waals surface area contributed by atoms with Gasteiger partial charge in [0.2, 0.25) is 11.8 Å². The first-order valence-electron chi connectivity index (χ1n) is 18.7. The molecule has 0 spiro atoms. The number of alkyl halides is 6. The van der Waals surface area contributed by atoms with Crippen LogP contribution in [0.3, 0.4) is 0 Å². The van der Waals surface area contributed by atoms with E-state index in [9.17, 15) is 50.9 Å². The second-order valence-electron chi connectivity index (χ2n) is 15.3. The van der Waals surface area contributed by atoms with E-state index in [1.807, 2.05) is 0 Å². The summed E-state index contributed by atoms with van der Waals surface area (Å²) in [6.45, 7) is 4.96. The lowest BCUT2D eigenvalue weighted by molar-refractivity contribution is -0.153. The lowest BCUT2D eigenvalue weighted by atomic mass is 9.77. The van der Waals surface area contributed by atoms with Crippen LogP contribution < -0.4 is 20.5 Å². The molecule has 0 aliphatic heterocycles. The number of carboxylic acids is 2. The van der Waals surface area contributed by atoms with Crippen LogP contribution in [0.2, 0.25) is 0 Å². The summed E-state index contributed by atoms with van der Waals surface area (Å²) in [6.07, 6.45) is -3.55. The first kappa shape index (κ1) is 48.6. The Balaban J connectivity index is 0.000000242. The number of ether oxygens (including phenoxy) is 3. The SMILES string of the molecule is C.C.CC(C)(C)OC(=O)Nc1ncnc2c1c(Oc1cc(C(F)(F)F)ccn1)nn2C1(C(=O)O)CCC1.Nc1ncnc2c1c(Oc1cc(C(F)(F)F)ccn1)nn2C1(C(=O)O)CCC1. The van der Waals surface area contributed by atoms with E-state index < -0.39 is 64.1 Å².